The predicted molar refractivity (Wildman–Crippen MR) is 60.5 cm³/mol. The molecule has 1 N–H and O–H groups in total. The van der Waals surface area contributed by atoms with Crippen molar-refractivity contribution in [2.45, 2.75) is 59.1 Å². The second kappa shape index (κ2) is 4.52. The standard InChI is InChI=1S/C12H23NO2/c1-9(10(2)14)13-8-7-12(3,4)6-5-11(13)15/h9-10,14H,5-8H2,1-4H3. The van der Waals surface area contributed by atoms with Crippen LogP contribution in [0.5, 0.6) is 0 Å². The Morgan fingerprint density at radius 2 is 1.93 bits per heavy atom. The molecule has 0 radical (unpaired) electrons. The molecule has 15 heavy (non-hydrogen) atoms. The minimum atomic E-state index is -0.449. The molecule has 1 rings (SSSR count). The molecule has 0 bridgehead atoms. The molecule has 0 aliphatic carbocycles. The van der Waals surface area contributed by atoms with E-state index in [2.05, 4.69) is 13.8 Å². The summed E-state index contributed by atoms with van der Waals surface area (Å²) in [6.07, 6.45) is 2.14. The minimum absolute atomic E-state index is 0.0635. The molecule has 0 aromatic carbocycles. The van der Waals surface area contributed by atoms with Crippen LogP contribution in [-0.2, 0) is 4.79 Å². The molecule has 2 atom stereocenters. The van der Waals surface area contributed by atoms with Crippen LogP contribution in [0.4, 0.5) is 0 Å². The third-order valence-corrected chi connectivity index (χ3v) is 3.56. The number of hydrogen-bond acceptors (Lipinski definition) is 2. The lowest BCUT2D eigenvalue weighted by atomic mass is 9.85. The average molecular weight is 213 g/mol. The summed E-state index contributed by atoms with van der Waals surface area (Å²) >= 11 is 0. The number of aliphatic hydroxyl groups is 1. The summed E-state index contributed by atoms with van der Waals surface area (Å²) in [6, 6.07) is -0.0635. The van der Waals surface area contributed by atoms with E-state index in [0.29, 0.717) is 6.42 Å². The number of carbonyl (C=O) groups is 1. The molecule has 1 aliphatic rings. The zero-order valence-corrected chi connectivity index (χ0v) is 10.3. The Kier molecular flexibility index (Phi) is 3.77. The number of rotatable bonds is 2. The molecule has 1 heterocycles. The fourth-order valence-corrected chi connectivity index (χ4v) is 1.95. The first kappa shape index (κ1) is 12.5. The van der Waals surface area contributed by atoms with Crippen LogP contribution in [0.2, 0.25) is 0 Å². The Labute approximate surface area is 92.5 Å². The van der Waals surface area contributed by atoms with E-state index in [0.717, 1.165) is 19.4 Å². The summed E-state index contributed by atoms with van der Waals surface area (Å²) in [6.45, 7) is 8.85. The van der Waals surface area contributed by atoms with Crippen molar-refractivity contribution in [3.8, 4) is 0 Å². The van der Waals surface area contributed by atoms with E-state index in [1.54, 1.807) is 6.92 Å². The van der Waals surface area contributed by atoms with Crippen LogP contribution in [0.1, 0.15) is 47.0 Å². The normalized spacial score (nSPS) is 25.9. The van der Waals surface area contributed by atoms with E-state index in [1.807, 2.05) is 11.8 Å². The van der Waals surface area contributed by atoms with Gasteiger partial charge in [-0.1, -0.05) is 13.8 Å². The summed E-state index contributed by atoms with van der Waals surface area (Å²) in [5, 5.41) is 9.52. The Morgan fingerprint density at radius 3 is 2.47 bits per heavy atom. The summed E-state index contributed by atoms with van der Waals surface area (Å²) in [7, 11) is 0. The highest BCUT2D eigenvalue weighted by Crippen LogP contribution is 2.31. The van der Waals surface area contributed by atoms with Gasteiger partial charge in [0.1, 0.15) is 0 Å². The Morgan fingerprint density at radius 1 is 1.33 bits per heavy atom. The second-order valence-corrected chi connectivity index (χ2v) is 5.48. The molecule has 0 saturated carbocycles. The van der Waals surface area contributed by atoms with E-state index in [4.69, 9.17) is 0 Å². The fourth-order valence-electron chi connectivity index (χ4n) is 1.95. The van der Waals surface area contributed by atoms with Crippen LogP contribution in [0.15, 0.2) is 0 Å². The molecule has 2 unspecified atom stereocenters. The van der Waals surface area contributed by atoms with E-state index < -0.39 is 6.10 Å². The zero-order chi connectivity index (χ0) is 11.6. The van der Waals surface area contributed by atoms with Crippen molar-refractivity contribution in [3.05, 3.63) is 0 Å². The van der Waals surface area contributed by atoms with Gasteiger partial charge in [0.25, 0.3) is 0 Å². The summed E-state index contributed by atoms with van der Waals surface area (Å²) < 4.78 is 0. The second-order valence-electron chi connectivity index (χ2n) is 5.48. The third kappa shape index (κ3) is 3.20. The molecule has 1 aliphatic heterocycles. The highest BCUT2D eigenvalue weighted by molar-refractivity contribution is 5.76. The molecular weight excluding hydrogens is 190 g/mol. The zero-order valence-electron chi connectivity index (χ0n) is 10.3. The molecule has 0 aromatic rings. The molecule has 1 amide bonds. The third-order valence-electron chi connectivity index (χ3n) is 3.56. The SMILES string of the molecule is CC(O)C(C)N1CCC(C)(C)CCC1=O. The van der Waals surface area contributed by atoms with Crippen molar-refractivity contribution in [1.29, 1.82) is 0 Å². The number of carbonyl (C=O) groups excluding carboxylic acids is 1. The van der Waals surface area contributed by atoms with Crippen LogP contribution in [-0.4, -0.2) is 34.6 Å². The van der Waals surface area contributed by atoms with Crippen LogP contribution in [0.3, 0.4) is 0 Å². The number of amides is 1. The van der Waals surface area contributed by atoms with E-state index >= 15 is 0 Å². The Balaban J connectivity index is 2.70. The van der Waals surface area contributed by atoms with Crippen LogP contribution in [0, 0.1) is 5.41 Å². The lowest BCUT2D eigenvalue weighted by Crippen LogP contribution is -2.44. The van der Waals surface area contributed by atoms with Crippen molar-refractivity contribution >= 4 is 5.91 Å². The molecule has 3 heteroatoms. The Bertz CT molecular complexity index is 236. The van der Waals surface area contributed by atoms with Gasteiger partial charge in [-0.25, -0.2) is 0 Å². The topological polar surface area (TPSA) is 40.5 Å². The highest BCUT2D eigenvalue weighted by atomic mass is 16.3. The van der Waals surface area contributed by atoms with Crippen LogP contribution in [0.25, 0.3) is 0 Å². The lowest BCUT2D eigenvalue weighted by Gasteiger charge is -2.30. The first-order chi connectivity index (χ1) is 6.83. The summed E-state index contributed by atoms with van der Waals surface area (Å²) in [4.78, 5) is 13.7. The molecule has 1 saturated heterocycles. The molecule has 3 nitrogen and oxygen atoms in total. The maximum absolute atomic E-state index is 11.9. The van der Waals surface area contributed by atoms with E-state index in [1.165, 1.54) is 0 Å². The van der Waals surface area contributed by atoms with Gasteiger partial charge in [0, 0.05) is 13.0 Å². The number of likely N-dealkylation sites (tertiary alicyclic amines) is 1. The monoisotopic (exact) mass is 213 g/mol. The summed E-state index contributed by atoms with van der Waals surface area (Å²) in [5.74, 6) is 0.189. The molecule has 88 valence electrons. The fraction of sp³-hybridized carbons (Fsp3) is 0.917. The van der Waals surface area contributed by atoms with E-state index in [9.17, 15) is 9.90 Å². The van der Waals surface area contributed by atoms with Crippen LogP contribution < -0.4 is 0 Å². The van der Waals surface area contributed by atoms with Gasteiger partial charge in [-0.3, -0.25) is 4.79 Å². The lowest BCUT2D eigenvalue weighted by molar-refractivity contribution is -0.134. The van der Waals surface area contributed by atoms with Crippen molar-refractivity contribution in [2.24, 2.45) is 5.41 Å². The number of nitrogens with zero attached hydrogens (tertiary/aromatic N) is 1. The van der Waals surface area contributed by atoms with Gasteiger partial charge in [0.2, 0.25) is 5.91 Å². The maximum Gasteiger partial charge on any atom is 0.222 e. The predicted octanol–water partition coefficient (Wildman–Crippen LogP) is 1.79. The number of hydrogen-bond donors (Lipinski definition) is 1. The average Bonchev–Trinajstić information content (AvgIpc) is 2.26. The first-order valence-corrected chi connectivity index (χ1v) is 5.81. The van der Waals surface area contributed by atoms with Crippen molar-refractivity contribution < 1.29 is 9.90 Å². The van der Waals surface area contributed by atoms with Gasteiger partial charge in [-0.2, -0.15) is 0 Å². The van der Waals surface area contributed by atoms with Crippen molar-refractivity contribution in [2.75, 3.05) is 6.54 Å². The molecule has 0 aromatic heterocycles. The smallest absolute Gasteiger partial charge is 0.222 e. The quantitative estimate of drug-likeness (QED) is 0.759. The van der Waals surface area contributed by atoms with Gasteiger partial charge < -0.3 is 10.0 Å². The summed E-state index contributed by atoms with van der Waals surface area (Å²) in [5.41, 5.74) is 0.253. The highest BCUT2D eigenvalue weighted by Gasteiger charge is 2.30. The van der Waals surface area contributed by atoms with Crippen molar-refractivity contribution in [3.63, 3.8) is 0 Å². The van der Waals surface area contributed by atoms with Crippen molar-refractivity contribution in [1.82, 2.24) is 4.90 Å². The van der Waals surface area contributed by atoms with Gasteiger partial charge in [-0.15, -0.1) is 0 Å². The molecule has 1 fully saturated rings. The first-order valence-electron chi connectivity index (χ1n) is 5.81. The molecular formula is C12H23NO2. The van der Waals surface area contributed by atoms with Crippen LogP contribution >= 0.6 is 0 Å². The molecule has 0 spiro atoms. The van der Waals surface area contributed by atoms with Gasteiger partial charge in [-0.05, 0) is 32.1 Å². The Hall–Kier alpha value is -0.570. The van der Waals surface area contributed by atoms with E-state index in [-0.39, 0.29) is 17.4 Å². The van der Waals surface area contributed by atoms with Gasteiger partial charge in [0.15, 0.2) is 0 Å². The van der Waals surface area contributed by atoms with Gasteiger partial charge >= 0.3 is 0 Å². The van der Waals surface area contributed by atoms with Gasteiger partial charge in [0.05, 0.1) is 12.1 Å². The largest absolute Gasteiger partial charge is 0.391 e. The maximum atomic E-state index is 11.9. The minimum Gasteiger partial charge on any atom is -0.391 e. The number of aliphatic hydroxyl groups excluding tert-OH is 1.